The maximum Gasteiger partial charge on any atom is 0.408 e. The van der Waals surface area contributed by atoms with E-state index in [1.54, 1.807) is 51.1 Å². The van der Waals surface area contributed by atoms with Crippen LogP contribution in [0.5, 0.6) is 5.75 Å². The molecule has 0 saturated carbocycles. The summed E-state index contributed by atoms with van der Waals surface area (Å²) in [4.78, 5) is 42.6. The minimum Gasteiger partial charge on any atom is -0.508 e. The van der Waals surface area contributed by atoms with E-state index in [-0.39, 0.29) is 23.8 Å². The van der Waals surface area contributed by atoms with Crippen molar-refractivity contribution in [3.05, 3.63) is 58.6 Å². The summed E-state index contributed by atoms with van der Waals surface area (Å²) in [5, 5.41) is 16.9. The first kappa shape index (κ1) is 32.9. The third-order valence-corrected chi connectivity index (χ3v) is 7.01. The van der Waals surface area contributed by atoms with Gasteiger partial charge in [-0.05, 0) is 57.7 Å². The number of ether oxygens (including phenoxy) is 1. The Morgan fingerprint density at radius 2 is 1.73 bits per heavy atom. The van der Waals surface area contributed by atoms with Gasteiger partial charge in [0.05, 0.1) is 10.7 Å². The first-order valence-corrected chi connectivity index (χ1v) is 14.3. The van der Waals surface area contributed by atoms with E-state index in [1.165, 1.54) is 11.0 Å². The maximum atomic E-state index is 14.3. The van der Waals surface area contributed by atoms with Crippen molar-refractivity contribution >= 4 is 35.2 Å². The number of anilines is 1. The van der Waals surface area contributed by atoms with Crippen molar-refractivity contribution in [1.29, 1.82) is 0 Å². The largest absolute Gasteiger partial charge is 0.508 e. The molecule has 40 heavy (non-hydrogen) atoms. The molecule has 0 aliphatic rings. The van der Waals surface area contributed by atoms with Crippen LogP contribution in [0.3, 0.4) is 0 Å². The Hall–Kier alpha value is -3.26. The minimum atomic E-state index is -1.19. The van der Waals surface area contributed by atoms with Crippen molar-refractivity contribution < 1.29 is 24.2 Å². The Bertz CT molecular complexity index is 1140. The summed E-state index contributed by atoms with van der Waals surface area (Å²) in [7, 11) is 0. The predicted molar refractivity (Wildman–Crippen MR) is 160 cm³/mol. The minimum absolute atomic E-state index is 0.119. The number of benzene rings is 2. The van der Waals surface area contributed by atoms with Crippen LogP contribution in [-0.4, -0.2) is 46.1 Å². The summed E-state index contributed by atoms with van der Waals surface area (Å²) in [5.41, 5.74) is 0.708. The van der Waals surface area contributed by atoms with Gasteiger partial charge in [-0.25, -0.2) is 4.79 Å². The molecule has 8 nitrogen and oxygen atoms in total. The monoisotopic (exact) mass is 573 g/mol. The van der Waals surface area contributed by atoms with Crippen LogP contribution < -0.4 is 10.6 Å². The molecule has 2 aromatic rings. The quantitative estimate of drug-likeness (QED) is 0.237. The lowest BCUT2D eigenvalue weighted by Crippen LogP contribution is -2.55. The van der Waals surface area contributed by atoms with Gasteiger partial charge in [0.1, 0.15) is 23.4 Å². The van der Waals surface area contributed by atoms with Crippen LogP contribution in [0.1, 0.15) is 84.4 Å². The summed E-state index contributed by atoms with van der Waals surface area (Å²) < 4.78 is 5.45. The first-order chi connectivity index (χ1) is 18.8. The number of aromatic hydroxyl groups is 1. The average Bonchev–Trinajstić information content (AvgIpc) is 2.88. The Labute approximate surface area is 243 Å². The number of carbonyl (C=O) groups excluding carboxylic acids is 3. The second-order valence-corrected chi connectivity index (χ2v) is 11.5. The molecule has 3 N–H and O–H groups in total. The molecule has 3 amide bonds. The number of phenolic OH excluding ortho intramolecular Hbond substituents is 1. The van der Waals surface area contributed by atoms with Crippen molar-refractivity contribution in [3.8, 4) is 5.75 Å². The number of alkyl carbamates (subject to hydrolysis) is 1. The highest BCUT2D eigenvalue weighted by Crippen LogP contribution is 2.33. The van der Waals surface area contributed by atoms with Gasteiger partial charge in [-0.15, -0.1) is 0 Å². The van der Waals surface area contributed by atoms with Gasteiger partial charge in [-0.2, -0.15) is 0 Å². The van der Waals surface area contributed by atoms with E-state index in [2.05, 4.69) is 10.6 Å². The van der Waals surface area contributed by atoms with Gasteiger partial charge in [-0.1, -0.05) is 82.0 Å². The zero-order valence-corrected chi connectivity index (χ0v) is 25.5. The van der Waals surface area contributed by atoms with Crippen LogP contribution in [0.4, 0.5) is 10.5 Å². The van der Waals surface area contributed by atoms with Crippen LogP contribution in [0.15, 0.2) is 42.5 Å². The number of phenols is 1. The van der Waals surface area contributed by atoms with Crippen molar-refractivity contribution in [2.45, 2.75) is 91.8 Å². The van der Waals surface area contributed by atoms with E-state index in [0.717, 1.165) is 18.4 Å². The van der Waals surface area contributed by atoms with Gasteiger partial charge in [-0.3, -0.25) is 9.59 Å². The predicted octanol–water partition coefficient (Wildman–Crippen LogP) is 6.99. The number of nitrogens with one attached hydrogen (secondary N) is 2. The van der Waals surface area contributed by atoms with Crippen LogP contribution in [0.2, 0.25) is 5.02 Å². The first-order valence-electron chi connectivity index (χ1n) is 13.9. The summed E-state index contributed by atoms with van der Waals surface area (Å²) >= 11 is 6.41. The normalized spacial score (nSPS) is 13.6. The Kier molecular flexibility index (Phi) is 12.3. The zero-order chi connectivity index (χ0) is 30.0. The fraction of sp³-hybridized carbons (Fsp3) is 0.516. The molecule has 0 saturated heterocycles. The molecule has 0 fully saturated rings. The fourth-order valence-corrected chi connectivity index (χ4v) is 4.62. The molecule has 0 radical (unpaired) electrons. The lowest BCUT2D eigenvalue weighted by molar-refractivity contribution is -0.142. The Morgan fingerprint density at radius 3 is 2.30 bits per heavy atom. The van der Waals surface area contributed by atoms with Gasteiger partial charge in [0, 0.05) is 12.1 Å². The molecule has 220 valence electrons. The second-order valence-electron chi connectivity index (χ2n) is 11.1. The lowest BCUT2D eigenvalue weighted by atomic mass is 9.95. The molecule has 3 atom stereocenters. The van der Waals surface area contributed by atoms with E-state index in [9.17, 15) is 19.5 Å². The van der Waals surface area contributed by atoms with Crippen LogP contribution in [0.25, 0.3) is 0 Å². The van der Waals surface area contributed by atoms with E-state index in [1.807, 2.05) is 33.8 Å². The Morgan fingerprint density at radius 1 is 1.05 bits per heavy atom. The molecule has 2 rings (SSSR count). The van der Waals surface area contributed by atoms with Gasteiger partial charge in [0.25, 0.3) is 5.91 Å². The van der Waals surface area contributed by atoms with E-state index in [0.29, 0.717) is 23.6 Å². The molecule has 0 spiro atoms. The van der Waals surface area contributed by atoms with Gasteiger partial charge in [0.2, 0.25) is 5.91 Å². The molecular formula is C31H44ClN3O5. The number of nitrogens with zero attached hydrogens (tertiary/aromatic N) is 1. The third kappa shape index (κ3) is 9.15. The van der Waals surface area contributed by atoms with Crippen molar-refractivity contribution in [3.63, 3.8) is 0 Å². The molecule has 9 heteroatoms. The second kappa shape index (κ2) is 14.9. The van der Waals surface area contributed by atoms with Crippen LogP contribution in [0, 0.1) is 12.8 Å². The number of hydrogen-bond acceptors (Lipinski definition) is 5. The standard InChI is InChI=1S/C31H44ClN3O5/c1-8-10-13-19-35(29(38)26(20(3)9-2)34-30(39)40-31(5,6)7)27(22-16-11-12-18-24(22)36)28(37)33-25-21(4)15-14-17-23(25)32/h11-12,14-18,20,26-27,36H,8-10,13,19H2,1-7H3,(H,33,37)(H,34,39). The van der Waals surface area contributed by atoms with Gasteiger partial charge >= 0.3 is 6.09 Å². The summed E-state index contributed by atoms with van der Waals surface area (Å²) in [6.07, 6.45) is 2.25. The third-order valence-electron chi connectivity index (χ3n) is 6.70. The maximum absolute atomic E-state index is 14.3. The molecule has 0 aliphatic heterocycles. The lowest BCUT2D eigenvalue weighted by Gasteiger charge is -2.36. The SMILES string of the molecule is CCCCCN(C(=O)C(NC(=O)OC(C)(C)C)C(C)CC)C(C(=O)Nc1c(C)cccc1Cl)c1ccccc1O. The number of amides is 3. The van der Waals surface area contributed by atoms with Crippen LogP contribution >= 0.6 is 11.6 Å². The fourth-order valence-electron chi connectivity index (χ4n) is 4.35. The highest BCUT2D eigenvalue weighted by atomic mass is 35.5. The molecule has 0 aromatic heterocycles. The highest BCUT2D eigenvalue weighted by Gasteiger charge is 2.39. The average molecular weight is 574 g/mol. The smallest absolute Gasteiger partial charge is 0.408 e. The molecule has 0 heterocycles. The zero-order valence-electron chi connectivity index (χ0n) is 24.7. The van der Waals surface area contributed by atoms with Crippen LogP contribution in [-0.2, 0) is 14.3 Å². The van der Waals surface area contributed by atoms with E-state index < -0.39 is 35.6 Å². The Balaban J connectivity index is 2.61. The highest BCUT2D eigenvalue weighted by molar-refractivity contribution is 6.34. The molecular weight excluding hydrogens is 530 g/mol. The van der Waals surface area contributed by atoms with Gasteiger partial charge < -0.3 is 25.4 Å². The number of para-hydroxylation sites is 2. The number of hydrogen-bond donors (Lipinski definition) is 3. The number of rotatable bonds is 12. The van der Waals surface area contributed by atoms with E-state index >= 15 is 0 Å². The number of unbranched alkanes of at least 4 members (excludes halogenated alkanes) is 2. The molecule has 3 unspecified atom stereocenters. The molecule has 0 bridgehead atoms. The summed E-state index contributed by atoms with van der Waals surface area (Å²) in [6.45, 7) is 13.2. The number of halogens is 1. The molecule has 2 aromatic carbocycles. The number of aryl methyl sites for hydroxylation is 1. The summed E-state index contributed by atoms with van der Waals surface area (Å²) in [6, 6.07) is 9.61. The van der Waals surface area contributed by atoms with E-state index in [4.69, 9.17) is 16.3 Å². The topological polar surface area (TPSA) is 108 Å². The number of carbonyl (C=O) groups is 3. The van der Waals surface area contributed by atoms with Crippen molar-refractivity contribution in [2.24, 2.45) is 5.92 Å². The van der Waals surface area contributed by atoms with Crippen molar-refractivity contribution in [2.75, 3.05) is 11.9 Å². The summed E-state index contributed by atoms with van der Waals surface area (Å²) in [5.74, 6) is -1.34. The molecule has 0 aliphatic carbocycles. The van der Waals surface area contributed by atoms with Gasteiger partial charge in [0.15, 0.2) is 0 Å². The van der Waals surface area contributed by atoms with Crippen molar-refractivity contribution in [1.82, 2.24) is 10.2 Å².